The maximum absolute atomic E-state index is 13.0. The van der Waals surface area contributed by atoms with Crippen LogP contribution in [0.3, 0.4) is 0 Å². The number of hydrogen-bond acceptors (Lipinski definition) is 5. The highest BCUT2D eigenvalue weighted by molar-refractivity contribution is 7.19. The third-order valence-corrected chi connectivity index (χ3v) is 4.34. The van der Waals surface area contributed by atoms with Crippen LogP contribution in [0.2, 0.25) is 0 Å². The number of halogens is 2. The fraction of sp³-hybridized carbons (Fsp3) is 0.200. The van der Waals surface area contributed by atoms with E-state index in [1.807, 2.05) is 6.92 Å². The molecule has 0 atom stereocenters. The number of pyridine rings is 1. The van der Waals surface area contributed by atoms with Crippen LogP contribution in [-0.4, -0.2) is 25.4 Å². The van der Waals surface area contributed by atoms with E-state index in [4.69, 9.17) is 0 Å². The minimum Gasteiger partial charge on any atom is -0.298 e. The molecule has 3 rings (SSSR count). The molecular formula is C15H13F2N5OS. The van der Waals surface area contributed by atoms with Crippen molar-refractivity contribution in [2.24, 2.45) is 0 Å². The smallest absolute Gasteiger partial charge is 0.298 e. The third kappa shape index (κ3) is 3.16. The second-order valence-corrected chi connectivity index (χ2v) is 6.01. The van der Waals surface area contributed by atoms with E-state index in [9.17, 15) is 13.6 Å². The summed E-state index contributed by atoms with van der Waals surface area (Å²) in [6, 6.07) is 3.38. The molecule has 0 fully saturated rings. The summed E-state index contributed by atoms with van der Waals surface area (Å²) in [5, 5.41) is 2.97. The molecule has 6 nitrogen and oxygen atoms in total. The van der Waals surface area contributed by atoms with Crippen molar-refractivity contribution in [1.29, 1.82) is 0 Å². The highest BCUT2D eigenvalue weighted by Gasteiger charge is 2.19. The highest BCUT2D eigenvalue weighted by Crippen LogP contribution is 2.33. The summed E-state index contributed by atoms with van der Waals surface area (Å²) < 4.78 is 26.7. The monoisotopic (exact) mass is 349 g/mol. The first-order chi connectivity index (χ1) is 11.5. The summed E-state index contributed by atoms with van der Waals surface area (Å²) >= 11 is 1.09. The van der Waals surface area contributed by atoms with Crippen molar-refractivity contribution in [2.45, 2.75) is 20.4 Å². The Balaban J connectivity index is 1.85. The van der Waals surface area contributed by atoms with Gasteiger partial charge in [0.1, 0.15) is 0 Å². The lowest BCUT2D eigenvalue weighted by atomic mass is 10.2. The van der Waals surface area contributed by atoms with Crippen molar-refractivity contribution in [3.63, 3.8) is 0 Å². The number of nitrogens with one attached hydrogen (secondary N) is 1. The predicted octanol–water partition coefficient (Wildman–Crippen LogP) is 3.67. The van der Waals surface area contributed by atoms with E-state index in [-0.39, 0.29) is 11.7 Å². The van der Waals surface area contributed by atoms with Gasteiger partial charge in [-0.3, -0.25) is 19.7 Å². The summed E-state index contributed by atoms with van der Waals surface area (Å²) in [7, 11) is 0. The van der Waals surface area contributed by atoms with Crippen LogP contribution in [0.5, 0.6) is 0 Å². The number of carbonyl (C=O) groups excluding carboxylic acids is 1. The molecule has 0 aliphatic heterocycles. The van der Waals surface area contributed by atoms with Crippen LogP contribution >= 0.6 is 11.3 Å². The number of rotatable bonds is 4. The number of carbonyl (C=O) groups is 1. The number of hydrogen-bond donors (Lipinski definition) is 1. The molecular weight excluding hydrogens is 336 g/mol. The van der Waals surface area contributed by atoms with E-state index in [2.05, 4.69) is 20.3 Å². The maximum atomic E-state index is 13.0. The van der Waals surface area contributed by atoms with Gasteiger partial charge in [0, 0.05) is 24.3 Å². The normalized spacial score (nSPS) is 11.0. The van der Waals surface area contributed by atoms with E-state index in [1.54, 1.807) is 19.1 Å². The molecule has 124 valence electrons. The molecule has 0 spiro atoms. The molecule has 3 aromatic rings. The van der Waals surface area contributed by atoms with Crippen molar-refractivity contribution in [3.05, 3.63) is 47.7 Å². The summed E-state index contributed by atoms with van der Waals surface area (Å²) in [5.41, 5.74) is 1.72. The zero-order chi connectivity index (χ0) is 17.3. The number of aromatic nitrogens is 4. The average molecular weight is 349 g/mol. The van der Waals surface area contributed by atoms with Crippen LogP contribution in [0.4, 0.5) is 13.9 Å². The largest absolute Gasteiger partial charge is 0.320 e. The van der Waals surface area contributed by atoms with Gasteiger partial charge in [-0.15, -0.1) is 0 Å². The Morgan fingerprint density at radius 1 is 1.29 bits per heavy atom. The van der Waals surface area contributed by atoms with E-state index < -0.39 is 6.55 Å². The van der Waals surface area contributed by atoms with Crippen LogP contribution < -0.4 is 5.32 Å². The van der Waals surface area contributed by atoms with Gasteiger partial charge in [-0.2, -0.15) is 8.78 Å². The molecule has 0 aromatic carbocycles. The van der Waals surface area contributed by atoms with Gasteiger partial charge < -0.3 is 0 Å². The minimum atomic E-state index is -2.69. The quantitative estimate of drug-likeness (QED) is 0.780. The van der Waals surface area contributed by atoms with Crippen LogP contribution in [-0.2, 0) is 0 Å². The molecule has 1 N–H and O–H groups in total. The zero-order valence-electron chi connectivity index (χ0n) is 12.8. The summed E-state index contributed by atoms with van der Waals surface area (Å²) in [6.45, 7) is 0.809. The second-order valence-electron chi connectivity index (χ2n) is 5.01. The van der Waals surface area contributed by atoms with Crippen molar-refractivity contribution in [1.82, 2.24) is 19.5 Å². The SMILES string of the molecule is Cc1ccc(C(=O)Nc2nc(C)c(-c3nccn3C(F)F)s2)cn1. The van der Waals surface area contributed by atoms with E-state index in [0.29, 0.717) is 21.3 Å². The van der Waals surface area contributed by atoms with Crippen LogP contribution in [0, 0.1) is 13.8 Å². The fourth-order valence-electron chi connectivity index (χ4n) is 2.08. The lowest BCUT2D eigenvalue weighted by Crippen LogP contribution is -2.12. The van der Waals surface area contributed by atoms with Crippen molar-refractivity contribution >= 4 is 22.4 Å². The molecule has 0 saturated heterocycles. The van der Waals surface area contributed by atoms with Crippen LogP contribution in [0.1, 0.15) is 28.3 Å². The Morgan fingerprint density at radius 3 is 2.75 bits per heavy atom. The zero-order valence-corrected chi connectivity index (χ0v) is 13.6. The van der Waals surface area contributed by atoms with Gasteiger partial charge in [0.2, 0.25) is 0 Å². The summed E-state index contributed by atoms with van der Waals surface area (Å²) in [5.74, 6) is -0.238. The van der Waals surface area contributed by atoms with Gasteiger partial charge >= 0.3 is 6.55 Å². The Kier molecular flexibility index (Phi) is 4.34. The maximum Gasteiger partial charge on any atom is 0.320 e. The number of aryl methyl sites for hydroxylation is 2. The first-order valence-corrected chi connectivity index (χ1v) is 7.80. The predicted molar refractivity (Wildman–Crippen MR) is 86.3 cm³/mol. The number of nitrogens with zero attached hydrogens (tertiary/aromatic N) is 4. The van der Waals surface area contributed by atoms with Crippen molar-refractivity contribution in [3.8, 4) is 10.7 Å². The van der Waals surface area contributed by atoms with Crippen LogP contribution in [0.15, 0.2) is 30.7 Å². The highest BCUT2D eigenvalue weighted by atomic mass is 32.1. The molecule has 1 amide bonds. The number of anilines is 1. The minimum absolute atomic E-state index is 0.123. The van der Waals surface area contributed by atoms with Gasteiger partial charge in [-0.05, 0) is 26.0 Å². The van der Waals surface area contributed by atoms with E-state index in [1.165, 1.54) is 18.6 Å². The number of alkyl halides is 2. The van der Waals surface area contributed by atoms with Crippen molar-refractivity contribution < 1.29 is 13.6 Å². The topological polar surface area (TPSA) is 72.7 Å². The van der Waals surface area contributed by atoms with Gasteiger partial charge in [-0.1, -0.05) is 11.3 Å². The molecule has 0 aliphatic carbocycles. The Labute approximate surface area is 140 Å². The molecule has 0 bridgehead atoms. The first-order valence-electron chi connectivity index (χ1n) is 6.98. The van der Waals surface area contributed by atoms with Gasteiger partial charge in [0.05, 0.1) is 16.1 Å². The first kappa shape index (κ1) is 16.2. The van der Waals surface area contributed by atoms with E-state index >= 15 is 0 Å². The van der Waals surface area contributed by atoms with Crippen molar-refractivity contribution in [2.75, 3.05) is 5.32 Å². The Hall–Kier alpha value is -2.68. The number of imidazole rings is 1. The molecule has 0 aliphatic rings. The Bertz CT molecular complexity index is 872. The fourth-order valence-corrected chi connectivity index (χ4v) is 3.04. The molecule has 9 heteroatoms. The molecule has 0 saturated carbocycles. The number of amides is 1. The average Bonchev–Trinajstić information content (AvgIpc) is 3.14. The third-order valence-electron chi connectivity index (χ3n) is 3.27. The van der Waals surface area contributed by atoms with Gasteiger partial charge in [0.15, 0.2) is 11.0 Å². The lowest BCUT2D eigenvalue weighted by molar-refractivity contribution is 0.0720. The summed E-state index contributed by atoms with van der Waals surface area (Å²) in [4.78, 5) is 24.9. The Morgan fingerprint density at radius 2 is 2.08 bits per heavy atom. The molecule has 0 unspecified atom stereocenters. The molecule has 24 heavy (non-hydrogen) atoms. The standard InChI is InChI=1S/C15H13F2N5OS/c1-8-3-4-10(7-19-8)13(23)21-15-20-9(2)11(24-15)12-18-5-6-22(12)14(16)17/h3-7,14H,1-2H3,(H,20,21,23). The van der Waals surface area contributed by atoms with Gasteiger partial charge in [-0.25, -0.2) is 9.97 Å². The lowest BCUT2D eigenvalue weighted by Gasteiger charge is -2.04. The van der Waals surface area contributed by atoms with Gasteiger partial charge in [0.25, 0.3) is 5.91 Å². The molecule has 3 heterocycles. The molecule has 3 aromatic heterocycles. The van der Waals surface area contributed by atoms with E-state index in [0.717, 1.165) is 21.6 Å². The summed E-state index contributed by atoms with van der Waals surface area (Å²) in [6.07, 6.45) is 3.97. The number of thiazole rings is 1. The second kappa shape index (κ2) is 6.44. The molecule has 0 radical (unpaired) electrons. The van der Waals surface area contributed by atoms with Crippen LogP contribution in [0.25, 0.3) is 10.7 Å².